The van der Waals surface area contributed by atoms with Crippen LogP contribution < -0.4 is 5.32 Å². The molecule has 4 heteroatoms. The van der Waals surface area contributed by atoms with E-state index in [0.29, 0.717) is 0 Å². The molecule has 19 heavy (non-hydrogen) atoms. The maximum Gasteiger partial charge on any atom is 0.0704 e. The third kappa shape index (κ3) is 2.50. The van der Waals surface area contributed by atoms with Crippen LogP contribution >= 0.6 is 38.6 Å². The van der Waals surface area contributed by atoms with Crippen LogP contribution in [0.4, 0.5) is 0 Å². The molecule has 1 N–H and O–H groups in total. The van der Waals surface area contributed by atoms with Crippen LogP contribution in [0.15, 0.2) is 40.2 Å². The first kappa shape index (κ1) is 13.3. The zero-order valence-electron chi connectivity index (χ0n) is 10.7. The summed E-state index contributed by atoms with van der Waals surface area (Å²) in [5.41, 5.74) is 1.37. The monoisotopic (exact) mass is 351 g/mol. The average Bonchev–Trinajstić information content (AvgIpc) is 2.94. The first-order valence-corrected chi connectivity index (χ1v) is 8.53. The minimum absolute atomic E-state index is 0.278. The summed E-state index contributed by atoms with van der Waals surface area (Å²) < 4.78 is 2.55. The molecule has 0 aliphatic rings. The van der Waals surface area contributed by atoms with E-state index < -0.39 is 0 Å². The van der Waals surface area contributed by atoms with Crippen LogP contribution in [0.1, 0.15) is 21.4 Å². The normalized spacial score (nSPS) is 13.0. The number of rotatable bonds is 3. The Morgan fingerprint density at radius 2 is 1.95 bits per heavy atom. The van der Waals surface area contributed by atoms with Gasteiger partial charge in [0.2, 0.25) is 0 Å². The van der Waals surface area contributed by atoms with Crippen LogP contribution in [-0.4, -0.2) is 7.05 Å². The lowest BCUT2D eigenvalue weighted by molar-refractivity contribution is 0.703. The SMILES string of the molecule is CNC(c1cc2ccccc2s1)c1cc(Br)sc1C. The Hall–Kier alpha value is -0.680. The minimum Gasteiger partial charge on any atom is -0.309 e. The van der Waals surface area contributed by atoms with Gasteiger partial charge < -0.3 is 5.32 Å². The number of fused-ring (bicyclic) bond motifs is 1. The molecular formula is C15H14BrNS2. The average molecular weight is 352 g/mol. The highest BCUT2D eigenvalue weighted by Crippen LogP contribution is 2.37. The van der Waals surface area contributed by atoms with Crippen molar-refractivity contribution in [3.63, 3.8) is 0 Å². The van der Waals surface area contributed by atoms with Gasteiger partial charge in [-0.3, -0.25) is 0 Å². The van der Waals surface area contributed by atoms with Crippen molar-refractivity contribution in [1.82, 2.24) is 5.32 Å². The molecule has 0 saturated carbocycles. The summed E-state index contributed by atoms with van der Waals surface area (Å²) >= 11 is 7.25. The maximum absolute atomic E-state index is 3.58. The highest BCUT2D eigenvalue weighted by atomic mass is 79.9. The summed E-state index contributed by atoms with van der Waals surface area (Å²) in [4.78, 5) is 2.74. The summed E-state index contributed by atoms with van der Waals surface area (Å²) in [5.74, 6) is 0. The fourth-order valence-electron chi connectivity index (χ4n) is 2.34. The van der Waals surface area contributed by atoms with E-state index in [2.05, 4.69) is 64.6 Å². The van der Waals surface area contributed by atoms with Gasteiger partial charge in [-0.2, -0.15) is 0 Å². The number of hydrogen-bond donors (Lipinski definition) is 1. The van der Waals surface area contributed by atoms with Crippen LogP contribution in [0, 0.1) is 6.92 Å². The lowest BCUT2D eigenvalue weighted by Gasteiger charge is -2.14. The van der Waals surface area contributed by atoms with Crippen molar-refractivity contribution in [3.8, 4) is 0 Å². The van der Waals surface area contributed by atoms with Crippen LogP contribution in [0.2, 0.25) is 0 Å². The second-order valence-electron chi connectivity index (χ2n) is 4.47. The van der Waals surface area contributed by atoms with Crippen LogP contribution in [0.25, 0.3) is 10.1 Å². The van der Waals surface area contributed by atoms with Gasteiger partial charge in [-0.1, -0.05) is 18.2 Å². The standard InChI is InChI=1S/C15H14BrNS2/c1-9-11(8-14(16)18-9)15(17-2)13-7-10-5-3-4-6-12(10)19-13/h3-8,15,17H,1-2H3. The molecule has 3 rings (SSSR count). The highest BCUT2D eigenvalue weighted by Gasteiger charge is 2.18. The molecule has 2 heterocycles. The summed E-state index contributed by atoms with van der Waals surface area (Å²) in [6, 6.07) is 13.4. The molecule has 1 unspecified atom stereocenters. The zero-order chi connectivity index (χ0) is 13.4. The number of halogens is 1. The van der Waals surface area contributed by atoms with Gasteiger partial charge in [-0.15, -0.1) is 22.7 Å². The third-order valence-electron chi connectivity index (χ3n) is 3.25. The molecule has 0 spiro atoms. The molecule has 0 fully saturated rings. The van der Waals surface area contributed by atoms with E-state index in [9.17, 15) is 0 Å². The van der Waals surface area contributed by atoms with Gasteiger partial charge in [0.25, 0.3) is 0 Å². The Labute approximate surface area is 129 Å². The Balaban J connectivity index is 2.09. The molecular weight excluding hydrogens is 338 g/mol. The van der Waals surface area contributed by atoms with Crippen LogP contribution in [-0.2, 0) is 0 Å². The summed E-state index contributed by atoms with van der Waals surface area (Å²) in [6.45, 7) is 2.18. The van der Waals surface area contributed by atoms with Crippen molar-refractivity contribution in [1.29, 1.82) is 0 Å². The molecule has 3 aromatic rings. The molecule has 0 radical (unpaired) electrons. The van der Waals surface area contributed by atoms with Gasteiger partial charge in [-0.25, -0.2) is 0 Å². The van der Waals surface area contributed by atoms with E-state index >= 15 is 0 Å². The topological polar surface area (TPSA) is 12.0 Å². The molecule has 0 bridgehead atoms. The molecule has 1 nitrogen and oxygen atoms in total. The van der Waals surface area contributed by atoms with Crippen molar-refractivity contribution in [3.05, 3.63) is 55.5 Å². The minimum atomic E-state index is 0.278. The quantitative estimate of drug-likeness (QED) is 0.671. The lowest BCUT2D eigenvalue weighted by Crippen LogP contribution is -2.16. The van der Waals surface area contributed by atoms with Crippen LogP contribution in [0.3, 0.4) is 0 Å². The zero-order valence-corrected chi connectivity index (χ0v) is 14.0. The molecule has 1 aromatic carbocycles. The van der Waals surface area contributed by atoms with Gasteiger partial charge in [-0.05, 0) is 59.1 Å². The molecule has 98 valence electrons. The van der Waals surface area contributed by atoms with Gasteiger partial charge in [0, 0.05) is 14.5 Å². The van der Waals surface area contributed by atoms with E-state index in [0.717, 1.165) is 0 Å². The fraction of sp³-hybridized carbons (Fsp3) is 0.200. The first-order valence-electron chi connectivity index (χ1n) is 6.10. The van der Waals surface area contributed by atoms with Crippen molar-refractivity contribution in [2.45, 2.75) is 13.0 Å². The van der Waals surface area contributed by atoms with E-state index in [4.69, 9.17) is 0 Å². The van der Waals surface area contributed by atoms with Crippen molar-refractivity contribution in [2.24, 2.45) is 0 Å². The second-order valence-corrected chi connectivity index (χ2v) is 8.22. The van der Waals surface area contributed by atoms with Crippen molar-refractivity contribution < 1.29 is 0 Å². The number of benzene rings is 1. The molecule has 2 aromatic heterocycles. The first-order chi connectivity index (χ1) is 9.19. The van der Waals surface area contributed by atoms with Crippen molar-refractivity contribution in [2.75, 3.05) is 7.05 Å². The maximum atomic E-state index is 3.58. The van der Waals surface area contributed by atoms with Gasteiger partial charge in [0.15, 0.2) is 0 Å². The molecule has 0 aliphatic carbocycles. The Morgan fingerprint density at radius 3 is 2.58 bits per heavy atom. The van der Waals surface area contributed by atoms with Crippen LogP contribution in [0.5, 0.6) is 0 Å². The van der Waals surface area contributed by atoms with Gasteiger partial charge >= 0.3 is 0 Å². The summed E-state index contributed by atoms with van der Waals surface area (Å²) in [5, 5.41) is 4.77. The van der Waals surface area contributed by atoms with E-state index in [1.165, 1.54) is 29.2 Å². The van der Waals surface area contributed by atoms with Crippen molar-refractivity contribution >= 4 is 48.7 Å². The van der Waals surface area contributed by atoms with Gasteiger partial charge in [0.1, 0.15) is 0 Å². The Kier molecular flexibility index (Phi) is 3.76. The number of hydrogen-bond acceptors (Lipinski definition) is 3. The molecule has 0 aliphatic heterocycles. The summed E-state index contributed by atoms with van der Waals surface area (Å²) in [6.07, 6.45) is 0. The number of nitrogens with one attached hydrogen (secondary N) is 1. The smallest absolute Gasteiger partial charge is 0.0704 e. The fourth-order valence-corrected chi connectivity index (χ4v) is 5.28. The predicted octanol–water partition coefficient (Wildman–Crippen LogP) is 5.34. The highest BCUT2D eigenvalue weighted by molar-refractivity contribution is 9.11. The molecule has 0 amide bonds. The molecule has 0 saturated heterocycles. The lowest BCUT2D eigenvalue weighted by atomic mass is 10.1. The number of aryl methyl sites for hydroxylation is 1. The Bertz CT molecular complexity index is 681. The largest absolute Gasteiger partial charge is 0.309 e. The van der Waals surface area contributed by atoms with E-state index in [1.54, 1.807) is 11.3 Å². The second kappa shape index (κ2) is 5.37. The number of thiophene rings is 2. The third-order valence-corrected chi connectivity index (χ3v) is 6.01. The molecule has 1 atom stereocenters. The summed E-state index contributed by atoms with van der Waals surface area (Å²) in [7, 11) is 2.03. The van der Waals surface area contributed by atoms with E-state index in [-0.39, 0.29) is 6.04 Å². The Morgan fingerprint density at radius 1 is 1.16 bits per heavy atom. The van der Waals surface area contributed by atoms with E-state index in [1.807, 2.05) is 18.4 Å². The predicted molar refractivity (Wildman–Crippen MR) is 89.5 cm³/mol. The van der Waals surface area contributed by atoms with Gasteiger partial charge in [0.05, 0.1) is 9.83 Å².